The Bertz CT molecular complexity index is 1150. The predicted molar refractivity (Wildman–Crippen MR) is 129 cm³/mol. The molecule has 0 saturated heterocycles. The molecule has 0 radical (unpaired) electrons. The van der Waals surface area contributed by atoms with E-state index in [4.69, 9.17) is 11.6 Å². The van der Waals surface area contributed by atoms with Crippen molar-refractivity contribution in [2.75, 3.05) is 4.90 Å². The third kappa shape index (κ3) is 6.16. The quantitative estimate of drug-likeness (QED) is 0.591. The Morgan fingerprint density at radius 3 is 2.42 bits per heavy atom. The third-order valence-electron chi connectivity index (χ3n) is 4.99. The molecule has 3 rings (SSSR count). The van der Waals surface area contributed by atoms with Gasteiger partial charge in [0.2, 0.25) is 11.7 Å². The molecule has 1 aromatic heterocycles. The van der Waals surface area contributed by atoms with Crippen LogP contribution in [0, 0.1) is 13.8 Å². The number of tetrazole rings is 1. The van der Waals surface area contributed by atoms with Crippen LogP contribution in [0.1, 0.15) is 38.8 Å². The van der Waals surface area contributed by atoms with Gasteiger partial charge in [0.05, 0.1) is 0 Å². The number of nitrogens with one attached hydrogen (secondary N) is 1. The van der Waals surface area contributed by atoms with E-state index in [0.717, 1.165) is 16.7 Å². The molecule has 9 heteroatoms. The Hall–Kier alpha value is -3.26. The molecule has 0 aliphatic heterocycles. The van der Waals surface area contributed by atoms with E-state index in [2.05, 4.69) is 20.7 Å². The van der Waals surface area contributed by atoms with E-state index >= 15 is 0 Å². The normalized spacial score (nSPS) is 12.3. The van der Waals surface area contributed by atoms with Crippen molar-refractivity contribution in [2.45, 2.75) is 59.7 Å². The Morgan fingerprint density at radius 1 is 1.12 bits per heavy atom. The molecule has 0 spiro atoms. The van der Waals surface area contributed by atoms with Crippen LogP contribution >= 0.6 is 11.6 Å². The van der Waals surface area contributed by atoms with Crippen molar-refractivity contribution in [2.24, 2.45) is 0 Å². The molecule has 1 atom stereocenters. The number of hydrogen-bond acceptors (Lipinski definition) is 5. The first-order chi connectivity index (χ1) is 15.4. The van der Waals surface area contributed by atoms with Gasteiger partial charge in [-0.1, -0.05) is 23.7 Å². The summed E-state index contributed by atoms with van der Waals surface area (Å²) in [6.07, 6.45) is 0. The fourth-order valence-electron chi connectivity index (χ4n) is 3.35. The highest BCUT2D eigenvalue weighted by atomic mass is 35.5. The second-order valence-electron chi connectivity index (χ2n) is 9.12. The number of rotatable bonds is 6. The van der Waals surface area contributed by atoms with E-state index in [-0.39, 0.29) is 18.4 Å². The van der Waals surface area contributed by atoms with Gasteiger partial charge in [-0.15, -0.1) is 10.2 Å². The number of carbonyl (C=O) groups excluding carboxylic acids is 2. The molecular formula is C24H29ClN6O2. The maximum absolute atomic E-state index is 13.5. The lowest BCUT2D eigenvalue weighted by Crippen LogP contribution is -2.53. The van der Waals surface area contributed by atoms with Gasteiger partial charge in [0.1, 0.15) is 12.6 Å². The van der Waals surface area contributed by atoms with Gasteiger partial charge in [0, 0.05) is 21.8 Å². The number of anilines is 1. The molecule has 174 valence electrons. The molecule has 2 amide bonds. The van der Waals surface area contributed by atoms with E-state index in [1.54, 1.807) is 31.2 Å². The first-order valence-corrected chi connectivity index (χ1v) is 11.1. The van der Waals surface area contributed by atoms with Crippen molar-refractivity contribution < 1.29 is 9.59 Å². The standard InChI is InChI=1S/C24H29ClN6O2/c1-15-7-8-16(2)20(13-15)31(17(3)23(33)26-24(4,5)6)21(32)14-30-28-22(27-29-30)18-9-11-19(25)12-10-18/h7-13,17H,14H2,1-6H3,(H,26,33). The molecule has 33 heavy (non-hydrogen) atoms. The van der Waals surface area contributed by atoms with E-state index in [0.29, 0.717) is 16.5 Å². The summed E-state index contributed by atoms with van der Waals surface area (Å²) < 4.78 is 0. The van der Waals surface area contributed by atoms with Crippen molar-refractivity contribution in [3.05, 3.63) is 58.6 Å². The summed E-state index contributed by atoms with van der Waals surface area (Å²) in [5.41, 5.74) is 2.86. The third-order valence-corrected chi connectivity index (χ3v) is 5.24. The first-order valence-electron chi connectivity index (χ1n) is 10.7. The topological polar surface area (TPSA) is 93.0 Å². The van der Waals surface area contributed by atoms with E-state index in [1.807, 2.05) is 52.8 Å². The summed E-state index contributed by atoms with van der Waals surface area (Å²) in [7, 11) is 0. The number of amides is 2. The molecule has 0 aliphatic carbocycles. The summed E-state index contributed by atoms with van der Waals surface area (Å²) in [6, 6.07) is 12.1. The summed E-state index contributed by atoms with van der Waals surface area (Å²) in [5.74, 6) is -0.179. The maximum Gasteiger partial charge on any atom is 0.251 e. The van der Waals surface area contributed by atoms with Gasteiger partial charge >= 0.3 is 0 Å². The fourth-order valence-corrected chi connectivity index (χ4v) is 3.48. The Labute approximate surface area is 198 Å². The largest absolute Gasteiger partial charge is 0.350 e. The van der Waals surface area contributed by atoms with Crippen LogP contribution in [0.5, 0.6) is 0 Å². The zero-order valence-electron chi connectivity index (χ0n) is 19.8. The molecule has 0 fully saturated rings. The molecule has 2 aromatic carbocycles. The van der Waals surface area contributed by atoms with Crippen molar-refractivity contribution in [1.82, 2.24) is 25.5 Å². The number of hydrogen-bond donors (Lipinski definition) is 1. The average Bonchev–Trinajstić information content (AvgIpc) is 3.18. The molecule has 1 unspecified atom stereocenters. The molecule has 0 aliphatic rings. The van der Waals surface area contributed by atoms with Gasteiger partial charge in [-0.2, -0.15) is 4.80 Å². The van der Waals surface area contributed by atoms with Crippen LogP contribution in [0.3, 0.4) is 0 Å². The van der Waals surface area contributed by atoms with Crippen LogP contribution in [0.25, 0.3) is 11.4 Å². The summed E-state index contributed by atoms with van der Waals surface area (Å²) >= 11 is 5.94. The Kier molecular flexibility index (Phi) is 7.17. The molecule has 0 bridgehead atoms. The van der Waals surface area contributed by atoms with Gasteiger partial charge in [0.15, 0.2) is 0 Å². The van der Waals surface area contributed by atoms with Crippen LogP contribution in [0.2, 0.25) is 5.02 Å². The first kappa shape index (κ1) is 24.4. The highest BCUT2D eigenvalue weighted by Crippen LogP contribution is 2.25. The highest BCUT2D eigenvalue weighted by molar-refractivity contribution is 6.30. The second kappa shape index (κ2) is 9.70. The minimum Gasteiger partial charge on any atom is -0.350 e. The molecule has 3 aromatic rings. The van der Waals surface area contributed by atoms with Gasteiger partial charge in [-0.25, -0.2) is 0 Å². The van der Waals surface area contributed by atoms with Crippen LogP contribution in [-0.4, -0.2) is 43.6 Å². The van der Waals surface area contributed by atoms with Crippen molar-refractivity contribution in [1.29, 1.82) is 0 Å². The van der Waals surface area contributed by atoms with E-state index in [9.17, 15) is 9.59 Å². The van der Waals surface area contributed by atoms with Crippen LogP contribution < -0.4 is 10.2 Å². The minimum absolute atomic E-state index is 0.166. The summed E-state index contributed by atoms with van der Waals surface area (Å²) in [6.45, 7) is 11.1. The van der Waals surface area contributed by atoms with Crippen LogP contribution in [0.15, 0.2) is 42.5 Å². The maximum atomic E-state index is 13.5. The van der Waals surface area contributed by atoms with Crippen molar-refractivity contribution in [3.63, 3.8) is 0 Å². The van der Waals surface area contributed by atoms with Gasteiger partial charge < -0.3 is 5.32 Å². The monoisotopic (exact) mass is 468 g/mol. The van der Waals surface area contributed by atoms with E-state index in [1.165, 1.54) is 9.70 Å². The van der Waals surface area contributed by atoms with E-state index < -0.39 is 11.6 Å². The van der Waals surface area contributed by atoms with Crippen LogP contribution in [-0.2, 0) is 16.1 Å². The predicted octanol–water partition coefficient (Wildman–Crippen LogP) is 3.95. The highest BCUT2D eigenvalue weighted by Gasteiger charge is 2.31. The van der Waals surface area contributed by atoms with Crippen LogP contribution in [0.4, 0.5) is 5.69 Å². The summed E-state index contributed by atoms with van der Waals surface area (Å²) in [5, 5.41) is 16.0. The number of aromatic nitrogens is 4. The fraction of sp³-hybridized carbons (Fsp3) is 0.375. The number of carbonyl (C=O) groups is 2. The molecule has 1 N–H and O–H groups in total. The molecule has 1 heterocycles. The lowest BCUT2D eigenvalue weighted by atomic mass is 10.1. The molecular weight excluding hydrogens is 440 g/mol. The molecule has 0 saturated carbocycles. The Morgan fingerprint density at radius 2 is 1.79 bits per heavy atom. The van der Waals surface area contributed by atoms with Gasteiger partial charge in [-0.3, -0.25) is 14.5 Å². The number of aryl methyl sites for hydroxylation is 2. The summed E-state index contributed by atoms with van der Waals surface area (Å²) in [4.78, 5) is 29.2. The zero-order chi connectivity index (χ0) is 24.3. The van der Waals surface area contributed by atoms with Crippen molar-refractivity contribution >= 4 is 29.1 Å². The SMILES string of the molecule is Cc1ccc(C)c(N(C(=O)Cn2nnc(-c3ccc(Cl)cc3)n2)C(C)C(=O)NC(C)(C)C)c1. The number of nitrogens with zero attached hydrogens (tertiary/aromatic N) is 5. The van der Waals surface area contributed by atoms with Gasteiger partial charge in [-0.05, 0) is 88.2 Å². The lowest BCUT2D eigenvalue weighted by Gasteiger charge is -2.32. The smallest absolute Gasteiger partial charge is 0.251 e. The molecule has 8 nitrogen and oxygen atoms in total. The van der Waals surface area contributed by atoms with Gasteiger partial charge in [0.25, 0.3) is 5.91 Å². The second-order valence-corrected chi connectivity index (χ2v) is 9.56. The minimum atomic E-state index is -0.739. The number of halogens is 1. The average molecular weight is 469 g/mol. The van der Waals surface area contributed by atoms with Crippen molar-refractivity contribution in [3.8, 4) is 11.4 Å². The zero-order valence-corrected chi connectivity index (χ0v) is 20.5. The lowest BCUT2D eigenvalue weighted by molar-refractivity contribution is -0.127. The number of benzene rings is 2. The Balaban J connectivity index is 1.90.